The fourth-order valence-electron chi connectivity index (χ4n) is 2.16. The Morgan fingerprint density at radius 1 is 1.23 bits per heavy atom. The molecule has 6 nitrogen and oxygen atoms in total. The summed E-state index contributed by atoms with van der Waals surface area (Å²) in [5.41, 5.74) is 6.83. The van der Waals surface area contributed by atoms with Crippen molar-refractivity contribution in [1.29, 1.82) is 0 Å². The molecule has 0 spiro atoms. The third-order valence-corrected chi connectivity index (χ3v) is 5.42. The second-order valence-electron chi connectivity index (χ2n) is 6.84. The van der Waals surface area contributed by atoms with E-state index in [1.807, 2.05) is 19.1 Å². The highest BCUT2D eigenvalue weighted by Gasteiger charge is 2.17. The van der Waals surface area contributed by atoms with Gasteiger partial charge in [-0.2, -0.15) is 0 Å². The van der Waals surface area contributed by atoms with Crippen LogP contribution in [0.2, 0.25) is 0 Å². The van der Waals surface area contributed by atoms with Crippen molar-refractivity contribution in [2.24, 2.45) is 10.7 Å². The third kappa shape index (κ3) is 9.18. The smallest absolute Gasteiger partial charge is 0.188 e. The van der Waals surface area contributed by atoms with Crippen LogP contribution < -0.4 is 11.1 Å². The van der Waals surface area contributed by atoms with Crippen LogP contribution in [0.3, 0.4) is 0 Å². The Labute approximate surface area is 174 Å². The van der Waals surface area contributed by atoms with Gasteiger partial charge in [0.1, 0.15) is 0 Å². The van der Waals surface area contributed by atoms with Crippen LogP contribution in [0, 0.1) is 0 Å². The normalized spacial score (nSPS) is 12.5. The van der Waals surface area contributed by atoms with Crippen LogP contribution >= 0.6 is 24.0 Å². The number of hydrogen-bond donors (Lipinski definition) is 2. The Bertz CT molecular complexity index is 653. The Balaban J connectivity index is 0.00000625. The first kappa shape index (κ1) is 25.1. The lowest BCUT2D eigenvalue weighted by molar-refractivity contribution is 0.146. The lowest BCUT2D eigenvalue weighted by Gasteiger charge is -2.19. The molecule has 0 fully saturated rings. The van der Waals surface area contributed by atoms with Gasteiger partial charge in [0.15, 0.2) is 15.8 Å². The SMILES string of the molecule is CCOCCCN=C(N)NCCS(=O)(=O)c1ccc(C(C)(C)C)cc1.I. The van der Waals surface area contributed by atoms with Crippen molar-refractivity contribution in [3.8, 4) is 0 Å². The summed E-state index contributed by atoms with van der Waals surface area (Å²) in [6, 6.07) is 7.07. The first-order valence-corrected chi connectivity index (χ1v) is 10.3. The maximum atomic E-state index is 12.4. The van der Waals surface area contributed by atoms with Gasteiger partial charge >= 0.3 is 0 Å². The van der Waals surface area contributed by atoms with E-state index in [0.717, 1.165) is 12.0 Å². The van der Waals surface area contributed by atoms with Gasteiger partial charge in [-0.1, -0.05) is 32.9 Å². The molecule has 0 saturated heterocycles. The van der Waals surface area contributed by atoms with Crippen LogP contribution in [-0.4, -0.2) is 46.4 Å². The van der Waals surface area contributed by atoms with E-state index >= 15 is 0 Å². The van der Waals surface area contributed by atoms with Gasteiger partial charge < -0.3 is 15.8 Å². The zero-order chi connectivity index (χ0) is 18.9. The Kier molecular flexibility index (Phi) is 11.4. The van der Waals surface area contributed by atoms with Crippen molar-refractivity contribution < 1.29 is 13.2 Å². The van der Waals surface area contributed by atoms with Crippen LogP contribution in [0.25, 0.3) is 0 Å². The van der Waals surface area contributed by atoms with Crippen LogP contribution in [0.5, 0.6) is 0 Å². The predicted molar refractivity (Wildman–Crippen MR) is 118 cm³/mol. The highest BCUT2D eigenvalue weighted by atomic mass is 127. The molecule has 3 N–H and O–H groups in total. The zero-order valence-corrected chi connectivity index (χ0v) is 19.3. The monoisotopic (exact) mass is 497 g/mol. The van der Waals surface area contributed by atoms with E-state index in [0.29, 0.717) is 24.7 Å². The molecular weight excluding hydrogens is 465 g/mol. The number of nitrogens with one attached hydrogen (secondary N) is 1. The van der Waals surface area contributed by atoms with Crippen molar-refractivity contribution >= 4 is 39.8 Å². The standard InChI is InChI=1S/C18H31N3O3S.HI/c1-5-24-13-6-11-20-17(19)21-12-14-25(22,23)16-9-7-15(8-10-16)18(2,3)4;/h7-10H,5-6,11-14H2,1-4H3,(H3,19,20,21);1H. The lowest BCUT2D eigenvalue weighted by atomic mass is 9.87. The summed E-state index contributed by atoms with van der Waals surface area (Å²) in [7, 11) is -3.34. The van der Waals surface area contributed by atoms with E-state index in [2.05, 4.69) is 31.1 Å². The Hall–Kier alpha value is -0.870. The zero-order valence-electron chi connectivity index (χ0n) is 16.1. The molecule has 0 aliphatic carbocycles. The van der Waals surface area contributed by atoms with Crippen LogP contribution in [-0.2, 0) is 20.0 Å². The van der Waals surface area contributed by atoms with Gasteiger partial charge in [-0.05, 0) is 36.5 Å². The van der Waals surface area contributed by atoms with Gasteiger partial charge in [-0.15, -0.1) is 24.0 Å². The average molecular weight is 497 g/mol. The summed E-state index contributed by atoms with van der Waals surface area (Å²) in [4.78, 5) is 4.46. The first-order chi connectivity index (χ1) is 11.7. The molecule has 0 radical (unpaired) electrons. The number of nitrogens with two attached hydrogens (primary N) is 1. The van der Waals surface area contributed by atoms with Gasteiger partial charge in [-0.3, -0.25) is 4.99 Å². The van der Waals surface area contributed by atoms with Gasteiger partial charge in [0.2, 0.25) is 0 Å². The molecule has 8 heteroatoms. The minimum atomic E-state index is -3.34. The van der Waals surface area contributed by atoms with Crippen molar-refractivity contribution in [2.45, 2.75) is 44.4 Å². The van der Waals surface area contributed by atoms with E-state index in [1.165, 1.54) is 0 Å². The molecule has 0 amide bonds. The van der Waals surface area contributed by atoms with Gasteiger partial charge in [0.05, 0.1) is 10.6 Å². The topological polar surface area (TPSA) is 93.8 Å². The number of hydrogen-bond acceptors (Lipinski definition) is 4. The summed E-state index contributed by atoms with van der Waals surface area (Å²) in [6.07, 6.45) is 0.786. The number of aliphatic imine (C=N–C) groups is 1. The number of guanidine groups is 1. The van der Waals surface area contributed by atoms with E-state index in [-0.39, 0.29) is 47.6 Å². The molecule has 0 heterocycles. The summed E-state index contributed by atoms with van der Waals surface area (Å²) < 4.78 is 29.9. The molecule has 0 bridgehead atoms. The Morgan fingerprint density at radius 2 is 1.85 bits per heavy atom. The van der Waals surface area contributed by atoms with E-state index in [1.54, 1.807) is 12.1 Å². The highest BCUT2D eigenvalue weighted by molar-refractivity contribution is 14.0. The first-order valence-electron chi connectivity index (χ1n) is 8.61. The van der Waals surface area contributed by atoms with Gasteiger partial charge in [0.25, 0.3) is 0 Å². The fraction of sp³-hybridized carbons (Fsp3) is 0.611. The van der Waals surface area contributed by atoms with Gasteiger partial charge in [-0.25, -0.2) is 8.42 Å². The maximum absolute atomic E-state index is 12.4. The quantitative estimate of drug-likeness (QED) is 0.237. The molecule has 1 rings (SSSR count). The third-order valence-electron chi connectivity index (χ3n) is 3.69. The van der Waals surface area contributed by atoms with Crippen molar-refractivity contribution in [3.63, 3.8) is 0 Å². The number of halogens is 1. The van der Waals surface area contributed by atoms with Crippen LogP contribution in [0.1, 0.15) is 39.7 Å². The number of rotatable bonds is 9. The minimum Gasteiger partial charge on any atom is -0.382 e. The fourth-order valence-corrected chi connectivity index (χ4v) is 3.32. The summed E-state index contributed by atoms with van der Waals surface area (Å²) in [6.45, 7) is 10.3. The van der Waals surface area contributed by atoms with E-state index < -0.39 is 9.84 Å². The largest absolute Gasteiger partial charge is 0.382 e. The molecule has 0 unspecified atom stereocenters. The minimum absolute atomic E-state index is 0. The summed E-state index contributed by atoms with van der Waals surface area (Å²) >= 11 is 0. The van der Waals surface area contributed by atoms with E-state index in [4.69, 9.17) is 10.5 Å². The number of ether oxygens (including phenoxy) is 1. The number of benzene rings is 1. The van der Waals surface area contributed by atoms with Crippen LogP contribution in [0.4, 0.5) is 0 Å². The lowest BCUT2D eigenvalue weighted by Crippen LogP contribution is -2.35. The predicted octanol–water partition coefficient (Wildman–Crippen LogP) is 2.71. The molecule has 1 aromatic rings. The molecule has 0 atom stereocenters. The number of nitrogens with zero attached hydrogens (tertiary/aromatic N) is 1. The van der Waals surface area contributed by atoms with Crippen molar-refractivity contribution in [1.82, 2.24) is 5.32 Å². The molecule has 0 saturated carbocycles. The molecule has 150 valence electrons. The highest BCUT2D eigenvalue weighted by Crippen LogP contribution is 2.23. The molecule has 0 aliphatic heterocycles. The average Bonchev–Trinajstić information content (AvgIpc) is 2.54. The second kappa shape index (κ2) is 11.8. The van der Waals surface area contributed by atoms with Crippen molar-refractivity contribution in [2.75, 3.05) is 32.1 Å². The summed E-state index contributed by atoms with van der Waals surface area (Å²) in [5.74, 6) is 0.228. The number of sulfone groups is 1. The summed E-state index contributed by atoms with van der Waals surface area (Å²) in [5, 5.41) is 2.84. The van der Waals surface area contributed by atoms with Gasteiger partial charge in [0, 0.05) is 26.3 Å². The van der Waals surface area contributed by atoms with E-state index in [9.17, 15) is 8.42 Å². The molecular formula is C18H32IN3O3S. The molecule has 1 aromatic carbocycles. The molecule has 0 aliphatic rings. The Morgan fingerprint density at radius 3 is 2.38 bits per heavy atom. The second-order valence-corrected chi connectivity index (χ2v) is 8.95. The maximum Gasteiger partial charge on any atom is 0.188 e. The van der Waals surface area contributed by atoms with Crippen LogP contribution in [0.15, 0.2) is 34.2 Å². The molecule has 0 aromatic heterocycles. The van der Waals surface area contributed by atoms with Crippen molar-refractivity contribution in [3.05, 3.63) is 29.8 Å². The molecule has 26 heavy (non-hydrogen) atoms.